The van der Waals surface area contributed by atoms with Crippen molar-refractivity contribution >= 4 is 0 Å². The Hall–Kier alpha value is -0.630. The van der Waals surface area contributed by atoms with Crippen LogP contribution in [0.5, 0.6) is 0 Å². The second-order valence-corrected chi connectivity index (χ2v) is 6.04. The molecule has 19 heavy (non-hydrogen) atoms. The van der Waals surface area contributed by atoms with Crippen molar-refractivity contribution < 1.29 is 9.47 Å². The van der Waals surface area contributed by atoms with Gasteiger partial charge in [-0.2, -0.15) is 5.26 Å². The Morgan fingerprint density at radius 2 is 2.16 bits per heavy atom. The van der Waals surface area contributed by atoms with E-state index in [4.69, 9.17) is 9.47 Å². The van der Waals surface area contributed by atoms with Crippen molar-refractivity contribution in [1.29, 1.82) is 5.26 Å². The Morgan fingerprint density at radius 3 is 2.74 bits per heavy atom. The van der Waals surface area contributed by atoms with Gasteiger partial charge in [0.15, 0.2) is 0 Å². The number of nitrogens with one attached hydrogen (secondary N) is 1. The third-order valence-corrected chi connectivity index (χ3v) is 4.48. The molecule has 0 heterocycles. The number of rotatable bonds is 8. The van der Waals surface area contributed by atoms with Crippen LogP contribution in [0.1, 0.15) is 46.0 Å². The smallest absolute Gasteiger partial charge is 0.109 e. The molecule has 1 rings (SSSR count). The van der Waals surface area contributed by atoms with Crippen LogP contribution >= 0.6 is 0 Å². The van der Waals surface area contributed by atoms with Crippen LogP contribution in [-0.2, 0) is 9.47 Å². The van der Waals surface area contributed by atoms with Gasteiger partial charge in [-0.3, -0.25) is 0 Å². The van der Waals surface area contributed by atoms with Crippen LogP contribution < -0.4 is 5.32 Å². The highest BCUT2D eigenvalue weighted by Gasteiger charge is 2.41. The quantitative estimate of drug-likeness (QED) is 0.687. The third kappa shape index (κ3) is 4.45. The molecule has 1 fully saturated rings. The fraction of sp³-hybridized carbons (Fsp3) is 0.933. The summed E-state index contributed by atoms with van der Waals surface area (Å²) in [5.41, 5.74) is -0.441. The van der Waals surface area contributed by atoms with Crippen molar-refractivity contribution in [1.82, 2.24) is 5.32 Å². The summed E-state index contributed by atoms with van der Waals surface area (Å²) in [6, 6.07) is 2.46. The lowest BCUT2D eigenvalue weighted by atomic mass is 9.86. The van der Waals surface area contributed by atoms with E-state index in [0.717, 1.165) is 38.7 Å². The van der Waals surface area contributed by atoms with Crippen LogP contribution in [0.4, 0.5) is 0 Å². The number of ether oxygens (including phenoxy) is 2. The van der Waals surface area contributed by atoms with Crippen molar-refractivity contribution in [2.24, 2.45) is 5.92 Å². The van der Waals surface area contributed by atoms with Gasteiger partial charge in [-0.05, 0) is 52.5 Å². The first-order chi connectivity index (χ1) is 8.99. The van der Waals surface area contributed by atoms with Crippen LogP contribution in [-0.4, -0.2) is 38.5 Å². The summed E-state index contributed by atoms with van der Waals surface area (Å²) in [5.74, 6) is 0.415. The SMILES string of the molecule is CNC1(C#N)CCCC1CCOCCC(C)(C)OC. The Bertz CT molecular complexity index is 312. The maximum Gasteiger partial charge on any atom is 0.109 e. The lowest BCUT2D eigenvalue weighted by Crippen LogP contribution is -2.45. The van der Waals surface area contributed by atoms with Gasteiger partial charge in [0.1, 0.15) is 5.54 Å². The van der Waals surface area contributed by atoms with Crippen molar-refractivity contribution in [3.63, 3.8) is 0 Å². The molecule has 0 aromatic heterocycles. The van der Waals surface area contributed by atoms with Gasteiger partial charge < -0.3 is 14.8 Å². The van der Waals surface area contributed by atoms with Gasteiger partial charge >= 0.3 is 0 Å². The highest BCUT2D eigenvalue weighted by molar-refractivity contribution is 5.13. The zero-order valence-corrected chi connectivity index (χ0v) is 12.8. The molecular formula is C15H28N2O2. The van der Waals surface area contributed by atoms with Crippen LogP contribution in [0.2, 0.25) is 0 Å². The van der Waals surface area contributed by atoms with E-state index in [1.807, 2.05) is 7.05 Å². The summed E-state index contributed by atoms with van der Waals surface area (Å²) >= 11 is 0. The van der Waals surface area contributed by atoms with Gasteiger partial charge in [0.25, 0.3) is 0 Å². The number of nitriles is 1. The van der Waals surface area contributed by atoms with Gasteiger partial charge in [0.2, 0.25) is 0 Å². The normalized spacial score (nSPS) is 27.4. The molecule has 0 aliphatic heterocycles. The molecule has 2 atom stereocenters. The Kier molecular flexibility index (Phi) is 6.25. The highest BCUT2D eigenvalue weighted by Crippen LogP contribution is 2.37. The first kappa shape index (κ1) is 16.4. The van der Waals surface area contributed by atoms with E-state index in [2.05, 4.69) is 25.2 Å². The van der Waals surface area contributed by atoms with Crippen molar-refractivity contribution in [2.75, 3.05) is 27.4 Å². The minimum atomic E-state index is -0.324. The summed E-state index contributed by atoms with van der Waals surface area (Å²) in [7, 11) is 3.62. The molecule has 0 bridgehead atoms. The molecule has 1 N–H and O–H groups in total. The van der Waals surface area contributed by atoms with E-state index in [9.17, 15) is 5.26 Å². The Morgan fingerprint density at radius 1 is 1.42 bits per heavy atom. The monoisotopic (exact) mass is 268 g/mol. The molecule has 1 aliphatic carbocycles. The van der Waals surface area contributed by atoms with E-state index in [1.165, 1.54) is 0 Å². The van der Waals surface area contributed by atoms with Crippen LogP contribution in [0.15, 0.2) is 0 Å². The fourth-order valence-corrected chi connectivity index (χ4v) is 2.75. The van der Waals surface area contributed by atoms with E-state index >= 15 is 0 Å². The molecule has 110 valence electrons. The Labute approximate surface area is 117 Å². The zero-order chi connectivity index (χ0) is 14.4. The van der Waals surface area contributed by atoms with Crippen molar-refractivity contribution in [3.8, 4) is 6.07 Å². The molecule has 0 spiro atoms. The van der Waals surface area contributed by atoms with E-state index < -0.39 is 0 Å². The van der Waals surface area contributed by atoms with E-state index in [0.29, 0.717) is 12.5 Å². The zero-order valence-electron chi connectivity index (χ0n) is 12.8. The predicted octanol–water partition coefficient (Wildman–Crippen LogP) is 2.49. The topological polar surface area (TPSA) is 54.3 Å². The molecular weight excluding hydrogens is 240 g/mol. The van der Waals surface area contributed by atoms with Crippen molar-refractivity contribution in [2.45, 2.75) is 57.1 Å². The highest BCUT2D eigenvalue weighted by atomic mass is 16.5. The lowest BCUT2D eigenvalue weighted by molar-refractivity contribution is -0.0116. The second-order valence-electron chi connectivity index (χ2n) is 6.04. The molecule has 4 nitrogen and oxygen atoms in total. The number of nitrogens with zero attached hydrogens (tertiary/aromatic N) is 1. The summed E-state index contributed by atoms with van der Waals surface area (Å²) in [5, 5.41) is 12.6. The van der Waals surface area contributed by atoms with Gasteiger partial charge in [-0.15, -0.1) is 0 Å². The fourth-order valence-electron chi connectivity index (χ4n) is 2.75. The van der Waals surface area contributed by atoms with Crippen LogP contribution in [0.3, 0.4) is 0 Å². The predicted molar refractivity (Wildman–Crippen MR) is 75.9 cm³/mol. The minimum Gasteiger partial charge on any atom is -0.381 e. The summed E-state index contributed by atoms with van der Waals surface area (Å²) in [6.07, 6.45) is 5.07. The third-order valence-electron chi connectivity index (χ3n) is 4.48. The molecule has 0 aromatic carbocycles. The van der Waals surface area contributed by atoms with E-state index in [-0.39, 0.29) is 11.1 Å². The average molecular weight is 268 g/mol. The first-order valence-electron chi connectivity index (χ1n) is 7.23. The standard InChI is InChI=1S/C15H28N2O2/c1-14(2,18-4)9-11-19-10-7-13-6-5-8-15(13,12-16)17-3/h13,17H,5-11H2,1-4H3. The van der Waals surface area contributed by atoms with Gasteiger partial charge in [0.05, 0.1) is 11.7 Å². The molecule has 2 unspecified atom stereocenters. The molecule has 1 saturated carbocycles. The molecule has 0 amide bonds. The maximum atomic E-state index is 9.36. The van der Waals surface area contributed by atoms with Crippen molar-refractivity contribution in [3.05, 3.63) is 0 Å². The summed E-state index contributed by atoms with van der Waals surface area (Å²) in [4.78, 5) is 0. The average Bonchev–Trinajstić information content (AvgIpc) is 2.82. The molecule has 0 aromatic rings. The van der Waals surface area contributed by atoms with Crippen LogP contribution in [0, 0.1) is 17.2 Å². The number of hydrogen-bond donors (Lipinski definition) is 1. The van der Waals surface area contributed by atoms with Gasteiger partial charge in [-0.1, -0.05) is 6.42 Å². The molecule has 1 aliphatic rings. The molecule has 0 saturated heterocycles. The first-order valence-corrected chi connectivity index (χ1v) is 7.23. The lowest BCUT2D eigenvalue weighted by Gasteiger charge is -2.28. The number of hydrogen-bond acceptors (Lipinski definition) is 4. The largest absolute Gasteiger partial charge is 0.381 e. The summed E-state index contributed by atoms with van der Waals surface area (Å²) in [6.45, 7) is 5.58. The van der Waals surface area contributed by atoms with Gasteiger partial charge in [0, 0.05) is 20.3 Å². The van der Waals surface area contributed by atoms with Crippen LogP contribution in [0.25, 0.3) is 0 Å². The molecule has 4 heteroatoms. The minimum absolute atomic E-state index is 0.116. The van der Waals surface area contributed by atoms with Gasteiger partial charge in [-0.25, -0.2) is 0 Å². The molecule has 0 radical (unpaired) electrons. The van der Waals surface area contributed by atoms with E-state index in [1.54, 1.807) is 7.11 Å². The Balaban J connectivity index is 2.25. The maximum absolute atomic E-state index is 9.36. The second kappa shape index (κ2) is 7.23. The number of methoxy groups -OCH3 is 1. The summed E-state index contributed by atoms with van der Waals surface area (Å²) < 4.78 is 11.1.